The third kappa shape index (κ3) is 1.88. The lowest BCUT2D eigenvalue weighted by Gasteiger charge is -2.10. The first kappa shape index (κ1) is 9.77. The zero-order valence-electron chi connectivity index (χ0n) is 8.15. The van der Waals surface area contributed by atoms with Crippen LogP contribution < -0.4 is 0 Å². The normalized spacial score (nSPS) is 12.5. The Bertz CT molecular complexity index is 294. The van der Waals surface area contributed by atoms with Crippen LogP contribution in [0.3, 0.4) is 0 Å². The van der Waals surface area contributed by atoms with Gasteiger partial charge in [0.15, 0.2) is 0 Å². The highest BCUT2D eigenvalue weighted by atomic mass is 16.5. The maximum atomic E-state index is 11.2. The molecule has 0 aliphatic heterocycles. The smallest absolute Gasteiger partial charge is 0.314 e. The van der Waals surface area contributed by atoms with Gasteiger partial charge in [0, 0.05) is 12.7 Å². The first-order valence-electron chi connectivity index (χ1n) is 4.30. The van der Waals surface area contributed by atoms with Crippen LogP contribution in [-0.4, -0.2) is 22.9 Å². The SMILES string of the molecule is CCn1nccc1C(C)C(=O)OC. The van der Waals surface area contributed by atoms with Gasteiger partial charge in [-0.1, -0.05) is 0 Å². The van der Waals surface area contributed by atoms with Gasteiger partial charge in [-0.2, -0.15) is 5.10 Å². The fraction of sp³-hybridized carbons (Fsp3) is 0.556. The number of aryl methyl sites for hydroxylation is 1. The fourth-order valence-electron chi connectivity index (χ4n) is 1.27. The molecule has 1 atom stereocenters. The molecular formula is C9H14N2O2. The van der Waals surface area contributed by atoms with Gasteiger partial charge in [-0.05, 0) is 19.9 Å². The van der Waals surface area contributed by atoms with E-state index in [4.69, 9.17) is 0 Å². The van der Waals surface area contributed by atoms with Crippen molar-refractivity contribution in [1.29, 1.82) is 0 Å². The van der Waals surface area contributed by atoms with E-state index in [1.807, 2.05) is 19.9 Å². The van der Waals surface area contributed by atoms with Crippen molar-refractivity contribution in [2.24, 2.45) is 0 Å². The van der Waals surface area contributed by atoms with Crippen molar-refractivity contribution >= 4 is 5.97 Å². The van der Waals surface area contributed by atoms with Crippen molar-refractivity contribution in [2.75, 3.05) is 7.11 Å². The summed E-state index contributed by atoms with van der Waals surface area (Å²) >= 11 is 0. The van der Waals surface area contributed by atoms with E-state index >= 15 is 0 Å². The van der Waals surface area contributed by atoms with Gasteiger partial charge in [0.1, 0.15) is 0 Å². The topological polar surface area (TPSA) is 44.1 Å². The van der Waals surface area contributed by atoms with Gasteiger partial charge in [0.05, 0.1) is 18.7 Å². The van der Waals surface area contributed by atoms with Gasteiger partial charge in [-0.15, -0.1) is 0 Å². The van der Waals surface area contributed by atoms with Crippen LogP contribution in [-0.2, 0) is 16.1 Å². The van der Waals surface area contributed by atoms with E-state index in [-0.39, 0.29) is 11.9 Å². The summed E-state index contributed by atoms with van der Waals surface area (Å²) in [5, 5.41) is 4.08. The average Bonchev–Trinajstić information content (AvgIpc) is 2.62. The van der Waals surface area contributed by atoms with Gasteiger partial charge in [-0.3, -0.25) is 9.48 Å². The summed E-state index contributed by atoms with van der Waals surface area (Å²) in [7, 11) is 1.39. The standard InChI is InChI=1S/C9H14N2O2/c1-4-11-8(5-6-10-11)7(2)9(12)13-3/h5-7H,4H2,1-3H3. The van der Waals surface area contributed by atoms with E-state index < -0.39 is 0 Å². The number of aromatic nitrogens is 2. The van der Waals surface area contributed by atoms with Gasteiger partial charge in [0.2, 0.25) is 0 Å². The van der Waals surface area contributed by atoms with Crippen molar-refractivity contribution in [2.45, 2.75) is 26.3 Å². The molecule has 1 aromatic rings. The molecule has 0 spiro atoms. The van der Waals surface area contributed by atoms with Crippen molar-refractivity contribution in [1.82, 2.24) is 9.78 Å². The van der Waals surface area contributed by atoms with Crippen LogP contribution in [0.2, 0.25) is 0 Å². The summed E-state index contributed by atoms with van der Waals surface area (Å²) in [5.41, 5.74) is 0.898. The number of hydrogen-bond acceptors (Lipinski definition) is 3. The Morgan fingerprint density at radius 2 is 2.46 bits per heavy atom. The van der Waals surface area contributed by atoms with Gasteiger partial charge < -0.3 is 4.74 Å². The Balaban J connectivity index is 2.87. The Kier molecular flexibility index (Phi) is 3.06. The number of carbonyl (C=O) groups is 1. The largest absolute Gasteiger partial charge is 0.469 e. The minimum Gasteiger partial charge on any atom is -0.469 e. The number of ether oxygens (including phenoxy) is 1. The molecule has 0 fully saturated rings. The number of esters is 1. The Hall–Kier alpha value is -1.32. The first-order valence-corrected chi connectivity index (χ1v) is 4.30. The molecule has 1 rings (SSSR count). The van der Waals surface area contributed by atoms with E-state index in [1.54, 1.807) is 10.9 Å². The summed E-state index contributed by atoms with van der Waals surface area (Å²) in [4.78, 5) is 11.2. The zero-order valence-corrected chi connectivity index (χ0v) is 8.15. The summed E-state index contributed by atoms with van der Waals surface area (Å²) in [6, 6.07) is 1.84. The highest BCUT2D eigenvalue weighted by Gasteiger charge is 2.18. The third-order valence-electron chi connectivity index (χ3n) is 2.05. The molecule has 0 aliphatic carbocycles. The molecule has 1 heterocycles. The zero-order chi connectivity index (χ0) is 9.84. The molecule has 0 radical (unpaired) electrons. The number of methoxy groups -OCH3 is 1. The molecular weight excluding hydrogens is 168 g/mol. The van der Waals surface area contributed by atoms with Crippen LogP contribution in [0.25, 0.3) is 0 Å². The summed E-state index contributed by atoms with van der Waals surface area (Å²) in [5.74, 6) is -0.470. The molecule has 72 valence electrons. The van der Waals surface area contributed by atoms with Crippen molar-refractivity contribution in [3.05, 3.63) is 18.0 Å². The second-order valence-electron chi connectivity index (χ2n) is 2.82. The van der Waals surface area contributed by atoms with Gasteiger partial charge >= 0.3 is 5.97 Å². The second kappa shape index (κ2) is 4.07. The molecule has 0 bridgehead atoms. The van der Waals surface area contributed by atoms with Crippen LogP contribution in [0, 0.1) is 0 Å². The van der Waals surface area contributed by atoms with Crippen molar-refractivity contribution < 1.29 is 9.53 Å². The highest BCUT2D eigenvalue weighted by Crippen LogP contribution is 2.15. The lowest BCUT2D eigenvalue weighted by atomic mass is 10.1. The lowest BCUT2D eigenvalue weighted by molar-refractivity contribution is -0.142. The molecule has 1 unspecified atom stereocenters. The number of carbonyl (C=O) groups excluding carboxylic acids is 1. The minimum absolute atomic E-state index is 0.227. The lowest BCUT2D eigenvalue weighted by Crippen LogP contribution is -2.15. The van der Waals surface area contributed by atoms with Crippen LogP contribution in [0.5, 0.6) is 0 Å². The molecule has 0 saturated heterocycles. The fourth-order valence-corrected chi connectivity index (χ4v) is 1.27. The summed E-state index contributed by atoms with van der Waals surface area (Å²) in [6.45, 7) is 4.57. The monoisotopic (exact) mass is 182 g/mol. The van der Waals surface area contributed by atoms with Crippen LogP contribution in [0.4, 0.5) is 0 Å². The molecule has 0 aliphatic rings. The van der Waals surface area contributed by atoms with Gasteiger partial charge in [-0.25, -0.2) is 0 Å². The summed E-state index contributed by atoms with van der Waals surface area (Å²) < 4.78 is 6.45. The van der Waals surface area contributed by atoms with Gasteiger partial charge in [0.25, 0.3) is 0 Å². The molecule has 4 nitrogen and oxygen atoms in total. The van der Waals surface area contributed by atoms with E-state index in [2.05, 4.69) is 9.84 Å². The Morgan fingerprint density at radius 1 is 1.77 bits per heavy atom. The molecule has 0 aromatic carbocycles. The quantitative estimate of drug-likeness (QED) is 0.659. The van der Waals surface area contributed by atoms with Crippen LogP contribution in [0.1, 0.15) is 25.5 Å². The minimum atomic E-state index is -0.243. The average molecular weight is 182 g/mol. The van der Waals surface area contributed by atoms with Crippen LogP contribution >= 0.6 is 0 Å². The summed E-state index contributed by atoms with van der Waals surface area (Å²) in [6.07, 6.45) is 1.69. The van der Waals surface area contributed by atoms with E-state index in [0.29, 0.717) is 0 Å². The molecule has 0 amide bonds. The third-order valence-corrected chi connectivity index (χ3v) is 2.05. The number of rotatable bonds is 3. The second-order valence-corrected chi connectivity index (χ2v) is 2.82. The number of hydrogen-bond donors (Lipinski definition) is 0. The molecule has 13 heavy (non-hydrogen) atoms. The number of nitrogens with zero attached hydrogens (tertiary/aromatic N) is 2. The predicted molar refractivity (Wildman–Crippen MR) is 48.3 cm³/mol. The molecule has 4 heteroatoms. The van der Waals surface area contributed by atoms with Crippen molar-refractivity contribution in [3.63, 3.8) is 0 Å². The molecule has 0 saturated carbocycles. The van der Waals surface area contributed by atoms with E-state index in [0.717, 1.165) is 12.2 Å². The van der Waals surface area contributed by atoms with Crippen molar-refractivity contribution in [3.8, 4) is 0 Å². The Morgan fingerprint density at radius 3 is 3.00 bits per heavy atom. The first-order chi connectivity index (χ1) is 6.20. The van der Waals surface area contributed by atoms with E-state index in [1.165, 1.54) is 7.11 Å². The Labute approximate surface area is 77.5 Å². The molecule has 1 aromatic heterocycles. The maximum absolute atomic E-state index is 11.2. The molecule has 0 N–H and O–H groups in total. The maximum Gasteiger partial charge on any atom is 0.314 e. The highest BCUT2D eigenvalue weighted by molar-refractivity contribution is 5.76. The predicted octanol–water partition coefficient (Wildman–Crippen LogP) is 1.18. The van der Waals surface area contributed by atoms with Crippen LogP contribution in [0.15, 0.2) is 12.3 Å². The van der Waals surface area contributed by atoms with E-state index in [9.17, 15) is 4.79 Å².